The summed E-state index contributed by atoms with van der Waals surface area (Å²) in [6.45, 7) is 6.20. The molecule has 1 aromatic rings. The van der Waals surface area contributed by atoms with Crippen LogP contribution in [0.5, 0.6) is 0 Å². The first-order valence-corrected chi connectivity index (χ1v) is 6.63. The molecule has 0 bridgehead atoms. The second kappa shape index (κ2) is 8.26. The summed E-state index contributed by atoms with van der Waals surface area (Å²) >= 11 is 0. The minimum Gasteiger partial charge on any atom is -0.385 e. The van der Waals surface area contributed by atoms with Gasteiger partial charge in [-0.2, -0.15) is 0 Å². The van der Waals surface area contributed by atoms with Crippen molar-refractivity contribution >= 4 is 0 Å². The number of hydrogen-bond donors (Lipinski definition) is 1. The van der Waals surface area contributed by atoms with Gasteiger partial charge in [0.1, 0.15) is 0 Å². The predicted octanol–water partition coefficient (Wildman–Crippen LogP) is 3.33. The van der Waals surface area contributed by atoms with Gasteiger partial charge in [0.2, 0.25) is 0 Å². The van der Waals surface area contributed by atoms with Gasteiger partial charge in [-0.1, -0.05) is 38.1 Å². The molecule has 0 aliphatic heterocycles. The van der Waals surface area contributed by atoms with Gasteiger partial charge in [0.15, 0.2) is 0 Å². The zero-order valence-corrected chi connectivity index (χ0v) is 11.3. The largest absolute Gasteiger partial charge is 0.385 e. The van der Waals surface area contributed by atoms with Crippen LogP contribution in [0.25, 0.3) is 0 Å². The number of methoxy groups -OCH3 is 1. The Kier molecular flexibility index (Phi) is 6.90. The molecule has 2 heteroatoms. The fourth-order valence-electron chi connectivity index (χ4n) is 2.05. The van der Waals surface area contributed by atoms with Crippen molar-refractivity contribution in [3.63, 3.8) is 0 Å². The highest BCUT2D eigenvalue weighted by atomic mass is 16.5. The summed E-state index contributed by atoms with van der Waals surface area (Å²) in [4.78, 5) is 0. The molecule has 0 fully saturated rings. The van der Waals surface area contributed by atoms with Gasteiger partial charge >= 0.3 is 0 Å². The maximum absolute atomic E-state index is 5.11. The topological polar surface area (TPSA) is 21.3 Å². The van der Waals surface area contributed by atoms with E-state index in [1.807, 2.05) is 0 Å². The summed E-state index contributed by atoms with van der Waals surface area (Å²) in [5.41, 5.74) is 2.79. The van der Waals surface area contributed by atoms with E-state index >= 15 is 0 Å². The molecule has 0 saturated carbocycles. The molecule has 17 heavy (non-hydrogen) atoms. The van der Waals surface area contributed by atoms with Gasteiger partial charge in [-0.15, -0.1) is 0 Å². The lowest BCUT2D eigenvalue weighted by Gasteiger charge is -2.18. The van der Waals surface area contributed by atoms with Crippen LogP contribution in [0.1, 0.15) is 43.9 Å². The minimum atomic E-state index is 0.459. The Morgan fingerprint density at radius 3 is 2.41 bits per heavy atom. The van der Waals surface area contributed by atoms with Crippen molar-refractivity contribution in [2.24, 2.45) is 0 Å². The highest BCUT2D eigenvalue weighted by Gasteiger charge is 2.09. The first kappa shape index (κ1) is 14.2. The zero-order valence-electron chi connectivity index (χ0n) is 11.3. The van der Waals surface area contributed by atoms with E-state index in [-0.39, 0.29) is 0 Å². The van der Waals surface area contributed by atoms with Crippen LogP contribution >= 0.6 is 0 Å². The molecule has 2 nitrogen and oxygen atoms in total. The van der Waals surface area contributed by atoms with Crippen LogP contribution < -0.4 is 5.32 Å². The fraction of sp³-hybridized carbons (Fsp3) is 0.600. The minimum absolute atomic E-state index is 0.459. The van der Waals surface area contributed by atoms with E-state index in [1.54, 1.807) is 7.11 Å². The molecule has 0 aliphatic rings. The third-order valence-corrected chi connectivity index (χ3v) is 3.08. The lowest BCUT2D eigenvalue weighted by atomic mass is 10.00. The molecule has 0 heterocycles. The van der Waals surface area contributed by atoms with E-state index in [2.05, 4.69) is 43.4 Å². The molecular formula is C15H25NO. The van der Waals surface area contributed by atoms with Crippen molar-refractivity contribution in [1.29, 1.82) is 0 Å². The van der Waals surface area contributed by atoms with Crippen molar-refractivity contribution < 1.29 is 4.74 Å². The number of benzene rings is 1. The highest BCUT2D eigenvalue weighted by molar-refractivity contribution is 5.25. The maximum Gasteiger partial charge on any atom is 0.0462 e. The monoisotopic (exact) mass is 235 g/mol. The second-order valence-corrected chi connectivity index (χ2v) is 4.34. The maximum atomic E-state index is 5.11. The number of aryl methyl sites for hydroxylation is 1. The second-order valence-electron chi connectivity index (χ2n) is 4.34. The Labute approximate surface area is 105 Å². The lowest BCUT2D eigenvalue weighted by molar-refractivity contribution is 0.189. The van der Waals surface area contributed by atoms with Crippen LogP contribution in [0.2, 0.25) is 0 Å². The van der Waals surface area contributed by atoms with Gasteiger partial charge in [-0.3, -0.25) is 0 Å². The third kappa shape index (κ3) is 4.88. The summed E-state index contributed by atoms with van der Waals surface area (Å²) in [5.74, 6) is 0. The van der Waals surface area contributed by atoms with Crippen molar-refractivity contribution in [3.05, 3.63) is 35.4 Å². The SMILES string of the molecule is CCNC(CCCOC)c1ccc(CC)cc1. The van der Waals surface area contributed by atoms with Crippen LogP contribution in [0.3, 0.4) is 0 Å². The molecule has 1 rings (SSSR count). The zero-order chi connectivity index (χ0) is 12.5. The van der Waals surface area contributed by atoms with Crippen LogP contribution in [0.15, 0.2) is 24.3 Å². The van der Waals surface area contributed by atoms with E-state index < -0.39 is 0 Å². The summed E-state index contributed by atoms with van der Waals surface area (Å²) in [6, 6.07) is 9.42. The van der Waals surface area contributed by atoms with Gasteiger partial charge in [0.25, 0.3) is 0 Å². The van der Waals surface area contributed by atoms with E-state index in [0.29, 0.717) is 6.04 Å². The van der Waals surface area contributed by atoms with Crippen LogP contribution in [0, 0.1) is 0 Å². The Hall–Kier alpha value is -0.860. The Bertz CT molecular complexity index is 294. The van der Waals surface area contributed by atoms with Crippen molar-refractivity contribution in [3.8, 4) is 0 Å². The number of nitrogens with one attached hydrogen (secondary N) is 1. The molecular weight excluding hydrogens is 210 g/mol. The summed E-state index contributed by atoms with van der Waals surface area (Å²) in [7, 11) is 1.76. The van der Waals surface area contributed by atoms with Crippen molar-refractivity contribution in [2.45, 2.75) is 39.2 Å². The van der Waals surface area contributed by atoms with Crippen LogP contribution in [-0.4, -0.2) is 20.3 Å². The standard InChI is InChI=1S/C15H25NO/c1-4-13-8-10-14(11-9-13)15(16-5-2)7-6-12-17-3/h8-11,15-16H,4-7,12H2,1-3H3. The molecule has 0 saturated heterocycles. The van der Waals surface area contributed by atoms with Gasteiger partial charge in [0, 0.05) is 19.8 Å². The number of hydrogen-bond acceptors (Lipinski definition) is 2. The Morgan fingerprint density at radius 2 is 1.88 bits per heavy atom. The van der Waals surface area contributed by atoms with E-state index in [4.69, 9.17) is 4.74 Å². The molecule has 0 radical (unpaired) electrons. The summed E-state index contributed by atoms with van der Waals surface area (Å²) < 4.78 is 5.11. The van der Waals surface area contributed by atoms with Gasteiger partial charge < -0.3 is 10.1 Å². The summed E-state index contributed by atoms with van der Waals surface area (Å²) in [5, 5.41) is 3.54. The molecule has 1 atom stereocenters. The Balaban J connectivity index is 2.60. The molecule has 1 N–H and O–H groups in total. The third-order valence-electron chi connectivity index (χ3n) is 3.08. The van der Waals surface area contributed by atoms with Crippen molar-refractivity contribution in [2.75, 3.05) is 20.3 Å². The predicted molar refractivity (Wildman–Crippen MR) is 73.3 cm³/mol. The van der Waals surface area contributed by atoms with Crippen LogP contribution in [0.4, 0.5) is 0 Å². The molecule has 1 aromatic carbocycles. The molecule has 0 spiro atoms. The van der Waals surface area contributed by atoms with Crippen molar-refractivity contribution in [1.82, 2.24) is 5.32 Å². The smallest absolute Gasteiger partial charge is 0.0462 e. The van der Waals surface area contributed by atoms with Gasteiger partial charge in [0.05, 0.1) is 0 Å². The Morgan fingerprint density at radius 1 is 1.18 bits per heavy atom. The average Bonchev–Trinajstić information content (AvgIpc) is 2.38. The molecule has 96 valence electrons. The molecule has 0 aromatic heterocycles. The molecule has 0 aliphatic carbocycles. The highest BCUT2D eigenvalue weighted by Crippen LogP contribution is 2.19. The number of ether oxygens (including phenoxy) is 1. The molecule has 0 amide bonds. The van der Waals surface area contributed by atoms with Gasteiger partial charge in [-0.25, -0.2) is 0 Å². The molecule has 1 unspecified atom stereocenters. The van der Waals surface area contributed by atoms with E-state index in [0.717, 1.165) is 32.4 Å². The fourth-order valence-corrected chi connectivity index (χ4v) is 2.05. The normalized spacial score (nSPS) is 12.6. The van der Waals surface area contributed by atoms with E-state index in [1.165, 1.54) is 11.1 Å². The van der Waals surface area contributed by atoms with E-state index in [9.17, 15) is 0 Å². The van der Waals surface area contributed by atoms with Crippen LogP contribution in [-0.2, 0) is 11.2 Å². The first-order valence-electron chi connectivity index (χ1n) is 6.63. The first-order chi connectivity index (χ1) is 8.31. The summed E-state index contributed by atoms with van der Waals surface area (Å²) in [6.07, 6.45) is 3.34. The quantitative estimate of drug-likeness (QED) is 0.698. The lowest BCUT2D eigenvalue weighted by Crippen LogP contribution is -2.21. The number of rotatable bonds is 8. The average molecular weight is 235 g/mol. The van der Waals surface area contributed by atoms with Gasteiger partial charge in [-0.05, 0) is 36.9 Å².